The minimum absolute atomic E-state index is 0.376. The molecule has 14 heavy (non-hydrogen) atoms. The second kappa shape index (κ2) is 4.47. The Hall–Kier alpha value is -1.76. The molecule has 4 N–H and O–H groups in total. The predicted molar refractivity (Wildman–Crippen MR) is 51.1 cm³/mol. The van der Waals surface area contributed by atoms with Crippen LogP contribution in [0.2, 0.25) is 0 Å². The van der Waals surface area contributed by atoms with Crippen molar-refractivity contribution in [2.75, 3.05) is 7.11 Å². The van der Waals surface area contributed by atoms with E-state index in [1.54, 1.807) is 11.4 Å². The van der Waals surface area contributed by atoms with Gasteiger partial charge in [0.1, 0.15) is 10.6 Å². The highest BCUT2D eigenvalue weighted by atomic mass is 32.1. The minimum Gasteiger partial charge on any atom is -0.495 e. The molecule has 1 rings (SSSR count). The smallest absolute Gasteiger partial charge is 0.330 e. The number of carbonyl (C=O) groups is 2. The molecule has 3 amide bonds. The molecule has 1 aromatic rings. The second-order valence-corrected chi connectivity index (χ2v) is 3.18. The SMILES string of the molecule is COc1ccsc1C(=O)NNC(N)=O. The maximum Gasteiger partial charge on any atom is 0.330 e. The van der Waals surface area contributed by atoms with Crippen LogP contribution in [-0.2, 0) is 0 Å². The molecule has 0 aliphatic carbocycles. The van der Waals surface area contributed by atoms with E-state index in [9.17, 15) is 9.59 Å². The van der Waals surface area contributed by atoms with Gasteiger partial charge in [0.05, 0.1) is 7.11 Å². The highest BCUT2D eigenvalue weighted by Crippen LogP contribution is 2.23. The summed E-state index contributed by atoms with van der Waals surface area (Å²) in [6.07, 6.45) is 0. The Morgan fingerprint density at radius 3 is 2.79 bits per heavy atom. The van der Waals surface area contributed by atoms with Crippen molar-refractivity contribution < 1.29 is 14.3 Å². The average Bonchev–Trinajstić information content (AvgIpc) is 2.61. The zero-order chi connectivity index (χ0) is 10.6. The molecule has 0 saturated carbocycles. The van der Waals surface area contributed by atoms with Gasteiger partial charge in [-0.2, -0.15) is 0 Å². The zero-order valence-corrected chi connectivity index (χ0v) is 8.18. The van der Waals surface area contributed by atoms with E-state index in [4.69, 9.17) is 10.5 Å². The average molecular weight is 215 g/mol. The highest BCUT2D eigenvalue weighted by Gasteiger charge is 2.13. The molecule has 1 heterocycles. The summed E-state index contributed by atoms with van der Waals surface area (Å²) in [6.45, 7) is 0. The van der Waals surface area contributed by atoms with Crippen molar-refractivity contribution in [1.29, 1.82) is 0 Å². The predicted octanol–water partition coefficient (Wildman–Crippen LogP) is 0.0698. The van der Waals surface area contributed by atoms with Crippen molar-refractivity contribution in [2.45, 2.75) is 0 Å². The molecule has 0 unspecified atom stereocenters. The van der Waals surface area contributed by atoms with Crippen LogP contribution < -0.4 is 21.3 Å². The van der Waals surface area contributed by atoms with Crippen LogP contribution in [0, 0.1) is 0 Å². The first-order chi connectivity index (χ1) is 6.65. The number of nitrogens with two attached hydrogens (primary N) is 1. The Morgan fingerprint density at radius 2 is 2.21 bits per heavy atom. The summed E-state index contributed by atoms with van der Waals surface area (Å²) >= 11 is 1.20. The number of rotatable bonds is 2. The molecular formula is C7H9N3O3S. The summed E-state index contributed by atoms with van der Waals surface area (Å²) < 4.78 is 4.92. The van der Waals surface area contributed by atoms with E-state index in [1.165, 1.54) is 18.4 Å². The maximum atomic E-state index is 11.3. The summed E-state index contributed by atoms with van der Waals surface area (Å²) in [4.78, 5) is 22.0. The number of nitrogens with one attached hydrogen (secondary N) is 2. The van der Waals surface area contributed by atoms with Crippen LogP contribution in [-0.4, -0.2) is 19.0 Å². The molecular weight excluding hydrogens is 206 g/mol. The standard InChI is InChI=1S/C7H9N3O3S/c1-13-4-2-3-14-5(4)6(11)9-10-7(8)12/h2-3H,1H3,(H,9,11)(H3,8,10,12). The van der Waals surface area contributed by atoms with Gasteiger partial charge in [0.2, 0.25) is 0 Å². The number of hydrogen-bond acceptors (Lipinski definition) is 4. The van der Waals surface area contributed by atoms with Crippen LogP contribution in [0.4, 0.5) is 4.79 Å². The lowest BCUT2D eigenvalue weighted by Gasteiger charge is -2.04. The Morgan fingerprint density at radius 1 is 1.50 bits per heavy atom. The van der Waals surface area contributed by atoms with E-state index in [-0.39, 0.29) is 0 Å². The fraction of sp³-hybridized carbons (Fsp3) is 0.143. The van der Waals surface area contributed by atoms with Crippen molar-refractivity contribution in [3.63, 3.8) is 0 Å². The van der Waals surface area contributed by atoms with Crippen LogP contribution in [0.1, 0.15) is 9.67 Å². The van der Waals surface area contributed by atoms with Gasteiger partial charge in [-0.1, -0.05) is 0 Å². The Bertz CT molecular complexity index is 350. The van der Waals surface area contributed by atoms with E-state index in [0.717, 1.165) is 0 Å². The summed E-state index contributed by atoms with van der Waals surface area (Å²) in [7, 11) is 1.46. The third-order valence-corrected chi connectivity index (χ3v) is 2.25. The summed E-state index contributed by atoms with van der Waals surface area (Å²) in [5.41, 5.74) is 8.87. The summed E-state index contributed by atoms with van der Waals surface area (Å²) in [5.74, 6) is -0.00517. The summed E-state index contributed by atoms with van der Waals surface area (Å²) in [5, 5.41) is 1.71. The van der Waals surface area contributed by atoms with E-state index in [2.05, 4.69) is 5.43 Å². The number of thiophene rings is 1. The molecule has 0 atom stereocenters. The van der Waals surface area contributed by atoms with Gasteiger partial charge >= 0.3 is 6.03 Å². The fourth-order valence-corrected chi connectivity index (χ4v) is 1.55. The number of hydrazine groups is 1. The van der Waals surface area contributed by atoms with E-state index in [1.807, 2.05) is 5.43 Å². The molecule has 0 bridgehead atoms. The second-order valence-electron chi connectivity index (χ2n) is 2.26. The van der Waals surface area contributed by atoms with Gasteiger partial charge in [0, 0.05) is 0 Å². The third-order valence-electron chi connectivity index (χ3n) is 1.35. The fourth-order valence-electron chi connectivity index (χ4n) is 0.799. The molecule has 0 aliphatic heterocycles. The molecule has 0 saturated heterocycles. The van der Waals surface area contributed by atoms with Crippen molar-refractivity contribution in [3.05, 3.63) is 16.3 Å². The van der Waals surface area contributed by atoms with Gasteiger partial charge in [0.25, 0.3) is 5.91 Å². The zero-order valence-electron chi connectivity index (χ0n) is 7.37. The number of hydrogen-bond donors (Lipinski definition) is 3. The first kappa shape index (κ1) is 10.3. The van der Waals surface area contributed by atoms with Crippen molar-refractivity contribution in [3.8, 4) is 5.75 Å². The van der Waals surface area contributed by atoms with E-state index < -0.39 is 11.9 Å². The Kier molecular flexibility index (Phi) is 3.29. The number of ether oxygens (including phenoxy) is 1. The Labute approximate surface area is 84.0 Å². The first-order valence-corrected chi connectivity index (χ1v) is 4.50. The number of primary amides is 1. The number of amides is 3. The number of urea groups is 1. The molecule has 6 nitrogen and oxygen atoms in total. The van der Waals surface area contributed by atoms with Crippen molar-refractivity contribution in [1.82, 2.24) is 10.9 Å². The van der Waals surface area contributed by atoms with Crippen molar-refractivity contribution >= 4 is 23.3 Å². The van der Waals surface area contributed by atoms with Crippen LogP contribution in [0.5, 0.6) is 5.75 Å². The number of carbonyl (C=O) groups excluding carboxylic acids is 2. The van der Waals surface area contributed by atoms with Crippen LogP contribution in [0.25, 0.3) is 0 Å². The first-order valence-electron chi connectivity index (χ1n) is 3.62. The molecule has 0 radical (unpaired) electrons. The minimum atomic E-state index is -0.825. The molecule has 1 aromatic heterocycles. The van der Waals surface area contributed by atoms with E-state index >= 15 is 0 Å². The topological polar surface area (TPSA) is 93.4 Å². The molecule has 7 heteroatoms. The van der Waals surface area contributed by atoms with Crippen LogP contribution in [0.3, 0.4) is 0 Å². The van der Waals surface area contributed by atoms with Gasteiger partial charge in [-0.15, -0.1) is 11.3 Å². The van der Waals surface area contributed by atoms with Crippen LogP contribution in [0.15, 0.2) is 11.4 Å². The normalized spacial score (nSPS) is 9.21. The van der Waals surface area contributed by atoms with Gasteiger partial charge in [-0.3, -0.25) is 10.2 Å². The maximum absolute atomic E-state index is 11.3. The third kappa shape index (κ3) is 2.36. The lowest BCUT2D eigenvalue weighted by molar-refractivity contribution is 0.0938. The van der Waals surface area contributed by atoms with Crippen molar-refractivity contribution in [2.24, 2.45) is 5.73 Å². The molecule has 76 valence electrons. The Balaban J connectivity index is 2.64. The molecule has 0 aromatic carbocycles. The summed E-state index contributed by atoms with van der Waals surface area (Å²) in [6, 6.07) is 0.831. The van der Waals surface area contributed by atoms with Gasteiger partial charge in [0.15, 0.2) is 0 Å². The number of methoxy groups -OCH3 is 1. The van der Waals surface area contributed by atoms with Gasteiger partial charge < -0.3 is 10.5 Å². The molecule has 0 spiro atoms. The largest absolute Gasteiger partial charge is 0.495 e. The van der Waals surface area contributed by atoms with Gasteiger partial charge in [-0.25, -0.2) is 10.2 Å². The lowest BCUT2D eigenvalue weighted by atomic mass is 10.4. The van der Waals surface area contributed by atoms with Gasteiger partial charge in [-0.05, 0) is 11.4 Å². The lowest BCUT2D eigenvalue weighted by Crippen LogP contribution is -2.44. The molecule has 0 fully saturated rings. The van der Waals surface area contributed by atoms with E-state index in [0.29, 0.717) is 10.6 Å². The molecule has 0 aliphatic rings. The van der Waals surface area contributed by atoms with Crippen LogP contribution >= 0.6 is 11.3 Å². The monoisotopic (exact) mass is 215 g/mol. The highest BCUT2D eigenvalue weighted by molar-refractivity contribution is 7.12. The quantitative estimate of drug-likeness (QED) is 0.609.